The fraction of sp³-hybridized carbons (Fsp3) is 0.217. The maximum atomic E-state index is 13.5. The van der Waals surface area contributed by atoms with Crippen LogP contribution < -0.4 is 10.6 Å². The molecule has 1 heterocycles. The van der Waals surface area contributed by atoms with E-state index in [9.17, 15) is 13.6 Å². The summed E-state index contributed by atoms with van der Waals surface area (Å²) in [7, 11) is 0. The summed E-state index contributed by atoms with van der Waals surface area (Å²) in [5.74, 6) is -1.05. The molecule has 0 fully saturated rings. The number of primary amides is 1. The number of carbonyl (C=O) groups excluding carboxylic acids is 1. The molecule has 2 atom stereocenters. The van der Waals surface area contributed by atoms with Crippen LogP contribution in [0.3, 0.4) is 0 Å². The zero-order valence-electron chi connectivity index (χ0n) is 16.1. The van der Waals surface area contributed by atoms with Gasteiger partial charge in [-0.15, -0.1) is 0 Å². The number of nitrogens with two attached hydrogens (primary N) is 1. The Bertz CT molecular complexity index is 931. The molecule has 0 radical (unpaired) electrons. The van der Waals surface area contributed by atoms with Crippen molar-refractivity contribution in [3.05, 3.63) is 95.8 Å². The highest BCUT2D eigenvalue weighted by Gasteiger charge is 2.25. The number of hydrogen-bond acceptors (Lipinski definition) is 3. The predicted molar refractivity (Wildman–Crippen MR) is 109 cm³/mol. The molecular formula is C23H23F2N3O. The zero-order valence-corrected chi connectivity index (χ0v) is 16.1. The van der Waals surface area contributed by atoms with Crippen LogP contribution >= 0.6 is 0 Å². The number of nitrogens with zero attached hydrogens (tertiary/aromatic N) is 2. The Hall–Kier alpha value is -3.28. The summed E-state index contributed by atoms with van der Waals surface area (Å²) in [6, 6.07) is 16.0. The van der Waals surface area contributed by atoms with Gasteiger partial charge < -0.3 is 10.6 Å². The van der Waals surface area contributed by atoms with E-state index in [2.05, 4.69) is 11.9 Å². The summed E-state index contributed by atoms with van der Waals surface area (Å²) in [5, 5.41) is 0. The van der Waals surface area contributed by atoms with E-state index < -0.39 is 5.91 Å². The molecule has 0 aliphatic heterocycles. The lowest BCUT2D eigenvalue weighted by atomic mass is 9.89. The number of amides is 1. The predicted octanol–water partition coefficient (Wildman–Crippen LogP) is 4.59. The molecule has 2 N–H and O–H groups in total. The molecule has 3 aromatic rings. The van der Waals surface area contributed by atoms with E-state index in [1.165, 1.54) is 24.3 Å². The second kappa shape index (κ2) is 9.28. The van der Waals surface area contributed by atoms with Gasteiger partial charge in [-0.2, -0.15) is 0 Å². The third-order valence-electron chi connectivity index (χ3n) is 4.97. The molecule has 29 heavy (non-hydrogen) atoms. The molecule has 2 aromatic carbocycles. The lowest BCUT2D eigenvalue weighted by molar-refractivity contribution is -0.116. The summed E-state index contributed by atoms with van der Waals surface area (Å²) in [6.07, 6.45) is 4.02. The van der Waals surface area contributed by atoms with Gasteiger partial charge in [0.25, 0.3) is 0 Å². The van der Waals surface area contributed by atoms with Crippen molar-refractivity contribution in [2.24, 2.45) is 5.73 Å². The number of pyridine rings is 1. The summed E-state index contributed by atoms with van der Waals surface area (Å²) in [5.41, 5.74) is 8.17. The highest BCUT2D eigenvalue weighted by Crippen LogP contribution is 2.35. The lowest BCUT2D eigenvalue weighted by Gasteiger charge is -2.35. The van der Waals surface area contributed by atoms with Gasteiger partial charge in [0.1, 0.15) is 11.6 Å². The van der Waals surface area contributed by atoms with Crippen LogP contribution in [0.5, 0.6) is 0 Å². The van der Waals surface area contributed by atoms with E-state index in [4.69, 9.17) is 5.73 Å². The standard InChI is InChI=1S/C23H23F2N3O/c1-16(17-2-4-19(24)5-3-17)14-22(18-10-12-27-13-11-18)28(15-23(26)29)21-8-6-20(25)7-9-21/h2-13,16,22H,14-15H2,1H3,(H2,26,29). The first kappa shape index (κ1) is 20.5. The van der Waals surface area contributed by atoms with Crippen molar-refractivity contribution in [2.45, 2.75) is 25.3 Å². The molecule has 2 unspecified atom stereocenters. The van der Waals surface area contributed by atoms with Crippen LogP contribution in [-0.4, -0.2) is 17.4 Å². The SMILES string of the molecule is CC(CC(c1ccncc1)N(CC(N)=O)c1ccc(F)cc1)c1ccc(F)cc1. The Morgan fingerprint density at radius 2 is 1.48 bits per heavy atom. The average molecular weight is 395 g/mol. The topological polar surface area (TPSA) is 59.2 Å². The Balaban J connectivity index is 1.98. The zero-order chi connectivity index (χ0) is 20.8. The van der Waals surface area contributed by atoms with Crippen LogP contribution in [-0.2, 0) is 4.79 Å². The van der Waals surface area contributed by atoms with E-state index in [1.54, 1.807) is 36.7 Å². The molecule has 0 saturated carbocycles. The Morgan fingerprint density at radius 3 is 2.03 bits per heavy atom. The monoisotopic (exact) mass is 395 g/mol. The van der Waals surface area contributed by atoms with Gasteiger partial charge in [-0.05, 0) is 72.0 Å². The molecule has 0 bridgehead atoms. The first-order valence-electron chi connectivity index (χ1n) is 9.40. The minimum absolute atomic E-state index is 0.0191. The van der Waals surface area contributed by atoms with Gasteiger partial charge in [-0.3, -0.25) is 9.78 Å². The highest BCUT2D eigenvalue weighted by molar-refractivity contribution is 5.79. The van der Waals surface area contributed by atoms with Crippen molar-refractivity contribution in [3.8, 4) is 0 Å². The van der Waals surface area contributed by atoms with Crippen molar-refractivity contribution in [1.82, 2.24) is 4.98 Å². The molecule has 1 amide bonds. The first-order valence-corrected chi connectivity index (χ1v) is 9.40. The Morgan fingerprint density at radius 1 is 0.931 bits per heavy atom. The van der Waals surface area contributed by atoms with Crippen molar-refractivity contribution >= 4 is 11.6 Å². The number of halogens is 2. The van der Waals surface area contributed by atoms with Crippen LogP contribution in [0, 0.1) is 11.6 Å². The minimum atomic E-state index is -0.484. The van der Waals surface area contributed by atoms with Crippen LogP contribution in [0.15, 0.2) is 73.1 Å². The molecule has 3 rings (SSSR count). The third-order valence-corrected chi connectivity index (χ3v) is 4.97. The minimum Gasteiger partial charge on any atom is -0.368 e. The largest absolute Gasteiger partial charge is 0.368 e. The highest BCUT2D eigenvalue weighted by atomic mass is 19.1. The molecular weight excluding hydrogens is 372 g/mol. The van der Waals surface area contributed by atoms with Gasteiger partial charge in [0.05, 0.1) is 12.6 Å². The molecule has 0 saturated heterocycles. The van der Waals surface area contributed by atoms with Crippen LogP contribution in [0.2, 0.25) is 0 Å². The van der Waals surface area contributed by atoms with Crippen molar-refractivity contribution in [1.29, 1.82) is 0 Å². The first-order chi connectivity index (χ1) is 13.9. The normalized spacial score (nSPS) is 12.9. The van der Waals surface area contributed by atoms with Crippen molar-refractivity contribution < 1.29 is 13.6 Å². The number of benzene rings is 2. The molecule has 0 spiro atoms. The second-order valence-electron chi connectivity index (χ2n) is 7.06. The van der Waals surface area contributed by atoms with Crippen LogP contribution in [0.4, 0.5) is 14.5 Å². The number of anilines is 1. The quantitative estimate of drug-likeness (QED) is 0.607. The number of hydrogen-bond donors (Lipinski definition) is 1. The van der Waals surface area contributed by atoms with Crippen molar-refractivity contribution in [2.75, 3.05) is 11.4 Å². The van der Waals surface area contributed by atoms with E-state index in [0.717, 1.165) is 11.1 Å². The van der Waals surface area contributed by atoms with Crippen LogP contribution in [0.1, 0.15) is 36.4 Å². The summed E-state index contributed by atoms with van der Waals surface area (Å²) in [6.45, 7) is 2.03. The van der Waals surface area contributed by atoms with Crippen LogP contribution in [0.25, 0.3) is 0 Å². The lowest BCUT2D eigenvalue weighted by Crippen LogP contribution is -2.37. The Kier molecular flexibility index (Phi) is 6.54. The van der Waals surface area contributed by atoms with Gasteiger partial charge in [0.15, 0.2) is 0 Å². The van der Waals surface area contributed by atoms with E-state index >= 15 is 0 Å². The maximum absolute atomic E-state index is 13.5. The fourth-order valence-electron chi connectivity index (χ4n) is 3.47. The molecule has 0 aliphatic carbocycles. The molecule has 4 nitrogen and oxygen atoms in total. The molecule has 6 heteroatoms. The molecule has 1 aromatic heterocycles. The summed E-state index contributed by atoms with van der Waals surface area (Å²) >= 11 is 0. The van der Waals surface area contributed by atoms with E-state index in [-0.39, 0.29) is 30.1 Å². The van der Waals surface area contributed by atoms with Gasteiger partial charge in [0.2, 0.25) is 5.91 Å². The third kappa shape index (κ3) is 5.38. The number of aromatic nitrogens is 1. The van der Waals surface area contributed by atoms with Gasteiger partial charge in [0, 0.05) is 18.1 Å². The summed E-state index contributed by atoms with van der Waals surface area (Å²) < 4.78 is 26.8. The number of carbonyl (C=O) groups is 1. The Labute approximate surface area is 169 Å². The maximum Gasteiger partial charge on any atom is 0.236 e. The van der Waals surface area contributed by atoms with Gasteiger partial charge in [-0.1, -0.05) is 19.1 Å². The van der Waals surface area contributed by atoms with Gasteiger partial charge >= 0.3 is 0 Å². The van der Waals surface area contributed by atoms with E-state index in [0.29, 0.717) is 12.1 Å². The molecule has 150 valence electrons. The molecule has 0 aliphatic rings. The smallest absolute Gasteiger partial charge is 0.236 e. The van der Waals surface area contributed by atoms with Crippen molar-refractivity contribution in [3.63, 3.8) is 0 Å². The average Bonchev–Trinajstić information content (AvgIpc) is 2.72. The number of rotatable bonds is 8. The summed E-state index contributed by atoms with van der Waals surface area (Å²) in [4.78, 5) is 17.8. The van der Waals surface area contributed by atoms with Gasteiger partial charge in [-0.25, -0.2) is 8.78 Å². The van der Waals surface area contributed by atoms with E-state index in [1.807, 2.05) is 17.0 Å². The fourth-order valence-corrected chi connectivity index (χ4v) is 3.47. The second-order valence-corrected chi connectivity index (χ2v) is 7.06.